The minimum atomic E-state index is -0.364. The van der Waals surface area contributed by atoms with Crippen molar-refractivity contribution in [3.63, 3.8) is 0 Å². The highest BCUT2D eigenvalue weighted by Gasteiger charge is 2.24. The second-order valence-corrected chi connectivity index (χ2v) is 7.62. The smallest absolute Gasteiger partial charge is 0.249 e. The fourth-order valence-electron chi connectivity index (χ4n) is 4.06. The molecule has 2 aromatic rings. The Labute approximate surface area is 165 Å². The summed E-state index contributed by atoms with van der Waals surface area (Å²) in [4.78, 5) is 31.9. The van der Waals surface area contributed by atoms with E-state index in [-0.39, 0.29) is 24.5 Å². The largest absolute Gasteiger partial charge is 0.368 e. The Kier molecular flexibility index (Phi) is 5.90. The highest BCUT2D eigenvalue weighted by Crippen LogP contribution is 2.18. The Morgan fingerprint density at radius 3 is 2.64 bits per heavy atom. The molecule has 2 saturated heterocycles. The van der Waals surface area contributed by atoms with Crippen LogP contribution in [0.2, 0.25) is 0 Å². The van der Waals surface area contributed by atoms with E-state index in [2.05, 4.69) is 10.3 Å². The molecule has 0 radical (unpaired) electrons. The van der Waals surface area contributed by atoms with Crippen molar-refractivity contribution in [2.75, 3.05) is 19.7 Å². The SMILES string of the molecule is O=C(NCc1nc2ccccc2n1CC(=O)N1CCCCCC1)C1CCCO1. The molecule has 0 bridgehead atoms. The average Bonchev–Trinajstić information content (AvgIpc) is 3.27. The van der Waals surface area contributed by atoms with Crippen LogP contribution in [0, 0.1) is 0 Å². The van der Waals surface area contributed by atoms with E-state index in [0.717, 1.165) is 49.8 Å². The Balaban J connectivity index is 1.51. The van der Waals surface area contributed by atoms with Gasteiger partial charge in [0.1, 0.15) is 18.5 Å². The van der Waals surface area contributed by atoms with Crippen LogP contribution in [0.3, 0.4) is 0 Å². The number of fused-ring (bicyclic) bond motifs is 1. The average molecular weight is 384 g/mol. The van der Waals surface area contributed by atoms with Crippen LogP contribution in [0.4, 0.5) is 0 Å². The Morgan fingerprint density at radius 1 is 1.11 bits per heavy atom. The predicted molar refractivity (Wildman–Crippen MR) is 106 cm³/mol. The van der Waals surface area contributed by atoms with Crippen molar-refractivity contribution in [1.29, 1.82) is 0 Å². The molecule has 0 saturated carbocycles. The Hall–Kier alpha value is -2.41. The second kappa shape index (κ2) is 8.73. The quantitative estimate of drug-likeness (QED) is 0.858. The molecule has 0 spiro atoms. The van der Waals surface area contributed by atoms with Gasteiger partial charge in [-0.3, -0.25) is 9.59 Å². The van der Waals surface area contributed by atoms with Crippen LogP contribution in [0.1, 0.15) is 44.3 Å². The van der Waals surface area contributed by atoms with Gasteiger partial charge in [0.25, 0.3) is 0 Å². The summed E-state index contributed by atoms with van der Waals surface area (Å²) in [7, 11) is 0. The van der Waals surface area contributed by atoms with Crippen molar-refractivity contribution in [3.05, 3.63) is 30.1 Å². The number of carbonyl (C=O) groups is 2. The number of hydrogen-bond donors (Lipinski definition) is 1. The van der Waals surface area contributed by atoms with Gasteiger partial charge in [0, 0.05) is 19.7 Å². The number of rotatable bonds is 5. The van der Waals surface area contributed by atoms with Crippen molar-refractivity contribution in [3.8, 4) is 0 Å². The molecule has 0 aliphatic carbocycles. The summed E-state index contributed by atoms with van der Waals surface area (Å²) in [5, 5.41) is 2.93. The van der Waals surface area contributed by atoms with E-state index in [9.17, 15) is 9.59 Å². The summed E-state index contributed by atoms with van der Waals surface area (Å²) in [6.07, 6.45) is 5.84. The van der Waals surface area contributed by atoms with Crippen LogP contribution in [0.15, 0.2) is 24.3 Å². The van der Waals surface area contributed by atoms with Crippen molar-refractivity contribution in [2.24, 2.45) is 0 Å². The first-order valence-corrected chi connectivity index (χ1v) is 10.3. The number of ether oxygens (including phenoxy) is 1. The molecule has 7 nitrogen and oxygen atoms in total. The van der Waals surface area contributed by atoms with E-state index >= 15 is 0 Å². The summed E-state index contributed by atoms with van der Waals surface area (Å²) in [5.74, 6) is 0.724. The van der Waals surface area contributed by atoms with Crippen LogP contribution < -0.4 is 5.32 Å². The molecule has 1 unspecified atom stereocenters. The van der Waals surface area contributed by atoms with Gasteiger partial charge in [0.05, 0.1) is 17.6 Å². The lowest BCUT2D eigenvalue weighted by atomic mass is 10.2. The summed E-state index contributed by atoms with van der Waals surface area (Å²) in [6, 6.07) is 7.80. The minimum absolute atomic E-state index is 0.102. The van der Waals surface area contributed by atoms with Crippen molar-refractivity contribution in [1.82, 2.24) is 19.8 Å². The number of aromatic nitrogens is 2. The van der Waals surface area contributed by atoms with Gasteiger partial charge >= 0.3 is 0 Å². The fraction of sp³-hybridized carbons (Fsp3) is 0.571. The standard InChI is InChI=1S/C21H28N4O3/c26-20(24-11-5-1-2-6-12-24)15-25-17-9-4-3-8-16(17)23-19(25)14-22-21(27)18-10-7-13-28-18/h3-4,8-9,18H,1-2,5-7,10-15H2,(H,22,27). The van der Waals surface area contributed by atoms with Gasteiger partial charge in [-0.25, -0.2) is 4.98 Å². The maximum Gasteiger partial charge on any atom is 0.249 e. The lowest BCUT2D eigenvalue weighted by Crippen LogP contribution is -2.36. The molecule has 1 atom stereocenters. The third kappa shape index (κ3) is 4.19. The topological polar surface area (TPSA) is 76.5 Å². The number of carbonyl (C=O) groups excluding carboxylic acids is 2. The van der Waals surface area contributed by atoms with Crippen LogP contribution >= 0.6 is 0 Å². The maximum atomic E-state index is 12.9. The summed E-state index contributed by atoms with van der Waals surface area (Å²) in [5.41, 5.74) is 1.76. The molecule has 1 N–H and O–H groups in total. The van der Waals surface area contributed by atoms with Crippen molar-refractivity contribution in [2.45, 2.75) is 57.7 Å². The zero-order valence-electron chi connectivity index (χ0n) is 16.2. The number of nitrogens with zero attached hydrogens (tertiary/aromatic N) is 3. The van der Waals surface area contributed by atoms with Crippen LogP contribution in [0.25, 0.3) is 11.0 Å². The molecule has 28 heavy (non-hydrogen) atoms. The van der Waals surface area contributed by atoms with Gasteiger partial charge in [0.2, 0.25) is 11.8 Å². The number of imidazole rings is 1. The molecule has 7 heteroatoms. The van der Waals surface area contributed by atoms with Crippen LogP contribution in [-0.4, -0.2) is 52.1 Å². The second-order valence-electron chi connectivity index (χ2n) is 7.62. The summed E-state index contributed by atoms with van der Waals surface area (Å²) < 4.78 is 7.39. The molecular formula is C21H28N4O3. The number of amides is 2. The molecule has 2 aliphatic rings. The molecule has 2 aliphatic heterocycles. The van der Waals surface area contributed by atoms with Crippen LogP contribution in [0.5, 0.6) is 0 Å². The Morgan fingerprint density at radius 2 is 1.89 bits per heavy atom. The highest BCUT2D eigenvalue weighted by molar-refractivity contribution is 5.82. The first-order chi connectivity index (χ1) is 13.7. The molecule has 2 amide bonds. The van der Waals surface area contributed by atoms with E-state index in [1.54, 1.807) is 0 Å². The normalized spacial score (nSPS) is 20.3. The molecule has 2 fully saturated rings. The first kappa shape index (κ1) is 18.9. The van der Waals surface area contributed by atoms with E-state index in [1.807, 2.05) is 33.7 Å². The molecule has 150 valence electrons. The first-order valence-electron chi connectivity index (χ1n) is 10.3. The molecule has 4 rings (SSSR count). The summed E-state index contributed by atoms with van der Waals surface area (Å²) >= 11 is 0. The predicted octanol–water partition coefficient (Wildman–Crippen LogP) is 2.23. The molecule has 1 aromatic carbocycles. The number of para-hydroxylation sites is 2. The highest BCUT2D eigenvalue weighted by atomic mass is 16.5. The zero-order chi connectivity index (χ0) is 19.3. The molecular weight excluding hydrogens is 356 g/mol. The number of hydrogen-bond acceptors (Lipinski definition) is 4. The third-order valence-electron chi connectivity index (χ3n) is 5.63. The maximum absolute atomic E-state index is 12.9. The number of likely N-dealkylation sites (tertiary alicyclic amines) is 1. The number of benzene rings is 1. The van der Waals surface area contributed by atoms with E-state index < -0.39 is 0 Å². The van der Waals surface area contributed by atoms with Gasteiger partial charge in [-0.2, -0.15) is 0 Å². The fourth-order valence-corrected chi connectivity index (χ4v) is 4.06. The monoisotopic (exact) mass is 384 g/mol. The Bertz CT molecular complexity index is 833. The van der Waals surface area contributed by atoms with E-state index in [0.29, 0.717) is 19.0 Å². The van der Waals surface area contributed by atoms with Gasteiger partial charge < -0.3 is 19.5 Å². The summed E-state index contributed by atoms with van der Waals surface area (Å²) in [6.45, 7) is 2.85. The van der Waals surface area contributed by atoms with Crippen LogP contribution in [-0.2, 0) is 27.4 Å². The number of nitrogens with one attached hydrogen (secondary N) is 1. The zero-order valence-corrected chi connectivity index (χ0v) is 16.2. The third-order valence-corrected chi connectivity index (χ3v) is 5.63. The van der Waals surface area contributed by atoms with E-state index in [1.165, 1.54) is 12.8 Å². The minimum Gasteiger partial charge on any atom is -0.368 e. The lowest BCUT2D eigenvalue weighted by Gasteiger charge is -2.21. The van der Waals surface area contributed by atoms with Gasteiger partial charge in [-0.1, -0.05) is 25.0 Å². The molecule has 1 aromatic heterocycles. The van der Waals surface area contributed by atoms with Gasteiger partial charge in [-0.15, -0.1) is 0 Å². The lowest BCUT2D eigenvalue weighted by molar-refractivity contribution is -0.131. The van der Waals surface area contributed by atoms with Crippen molar-refractivity contribution < 1.29 is 14.3 Å². The van der Waals surface area contributed by atoms with Gasteiger partial charge in [-0.05, 0) is 37.8 Å². The molecule has 3 heterocycles. The van der Waals surface area contributed by atoms with Gasteiger partial charge in [0.15, 0.2) is 0 Å². The van der Waals surface area contributed by atoms with Crippen molar-refractivity contribution >= 4 is 22.8 Å². The van der Waals surface area contributed by atoms with E-state index in [4.69, 9.17) is 4.74 Å².